The van der Waals surface area contributed by atoms with Crippen LogP contribution >= 0.6 is 11.3 Å². The van der Waals surface area contributed by atoms with Crippen LogP contribution < -0.4 is 5.32 Å². The summed E-state index contributed by atoms with van der Waals surface area (Å²) in [6.45, 7) is 0.486. The number of carboxylic acids is 1. The summed E-state index contributed by atoms with van der Waals surface area (Å²) in [5.74, 6) is -0.967. The van der Waals surface area contributed by atoms with Crippen molar-refractivity contribution in [2.45, 2.75) is 6.61 Å². The fourth-order valence-electron chi connectivity index (χ4n) is 1.47. The number of carbonyl (C=O) groups is 1. The molecule has 1 heterocycles. The van der Waals surface area contributed by atoms with Crippen molar-refractivity contribution < 1.29 is 14.6 Å². The third-order valence-electron chi connectivity index (χ3n) is 2.28. The van der Waals surface area contributed by atoms with Crippen LogP contribution in [-0.2, 0) is 11.3 Å². The number of ether oxygens (including phenoxy) is 1. The van der Waals surface area contributed by atoms with Crippen LogP contribution in [0.1, 0.15) is 15.2 Å². The summed E-state index contributed by atoms with van der Waals surface area (Å²) in [7, 11) is 1.63. The van der Waals surface area contributed by atoms with E-state index in [4.69, 9.17) is 9.84 Å². The lowest BCUT2D eigenvalue weighted by atomic mass is 10.2. The van der Waals surface area contributed by atoms with Crippen molar-refractivity contribution in [2.24, 2.45) is 0 Å². The van der Waals surface area contributed by atoms with Crippen molar-refractivity contribution in [3.63, 3.8) is 0 Å². The van der Waals surface area contributed by atoms with Crippen molar-refractivity contribution in [3.8, 4) is 0 Å². The van der Waals surface area contributed by atoms with E-state index >= 15 is 0 Å². The van der Waals surface area contributed by atoms with Crippen LogP contribution in [0, 0.1) is 0 Å². The lowest BCUT2D eigenvalue weighted by Crippen LogP contribution is -1.96. The van der Waals surface area contributed by atoms with E-state index in [0.29, 0.717) is 11.7 Å². The third-order valence-corrected chi connectivity index (χ3v) is 3.18. The van der Waals surface area contributed by atoms with E-state index in [1.807, 2.05) is 24.3 Å². The predicted molar refractivity (Wildman–Crippen MR) is 69.5 cm³/mol. The summed E-state index contributed by atoms with van der Waals surface area (Å²) in [4.78, 5) is 15.0. The molecule has 2 rings (SSSR count). The number of hydrogen-bond donors (Lipinski definition) is 2. The zero-order valence-electron chi connectivity index (χ0n) is 9.71. The van der Waals surface area contributed by atoms with Crippen LogP contribution in [0.4, 0.5) is 10.8 Å². The minimum absolute atomic E-state index is 0.210. The second-order valence-electron chi connectivity index (χ2n) is 3.55. The van der Waals surface area contributed by atoms with Crippen molar-refractivity contribution >= 4 is 28.1 Å². The normalized spacial score (nSPS) is 10.3. The molecule has 1 aromatic carbocycles. The standard InChI is InChI=1S/C12H12N2O3S/c1-17-7-8-4-2-3-5-9(8)14-12-13-6-10(18-12)11(15)16/h2-6H,7H2,1H3,(H,13,14)(H,15,16). The highest BCUT2D eigenvalue weighted by atomic mass is 32.1. The zero-order chi connectivity index (χ0) is 13.0. The molecule has 1 aromatic heterocycles. The van der Waals surface area contributed by atoms with Crippen LogP contribution in [0.25, 0.3) is 0 Å². The Balaban J connectivity index is 2.19. The van der Waals surface area contributed by atoms with Gasteiger partial charge in [0.1, 0.15) is 4.88 Å². The highest BCUT2D eigenvalue weighted by Gasteiger charge is 2.09. The first-order chi connectivity index (χ1) is 8.70. The van der Waals surface area contributed by atoms with E-state index in [2.05, 4.69) is 10.3 Å². The van der Waals surface area contributed by atoms with Gasteiger partial charge in [-0.25, -0.2) is 9.78 Å². The molecular weight excluding hydrogens is 252 g/mol. The van der Waals surface area contributed by atoms with E-state index < -0.39 is 5.97 Å². The summed E-state index contributed by atoms with van der Waals surface area (Å²) >= 11 is 1.10. The fraction of sp³-hybridized carbons (Fsp3) is 0.167. The number of methoxy groups -OCH3 is 1. The van der Waals surface area contributed by atoms with Gasteiger partial charge in [0.15, 0.2) is 5.13 Å². The lowest BCUT2D eigenvalue weighted by molar-refractivity contribution is 0.0702. The number of thiazole rings is 1. The lowest BCUT2D eigenvalue weighted by Gasteiger charge is -2.08. The molecule has 0 unspecified atom stereocenters. The van der Waals surface area contributed by atoms with Crippen molar-refractivity contribution in [1.82, 2.24) is 4.98 Å². The Morgan fingerprint density at radius 1 is 1.50 bits per heavy atom. The number of para-hydroxylation sites is 1. The molecule has 6 heteroatoms. The van der Waals surface area contributed by atoms with Gasteiger partial charge >= 0.3 is 5.97 Å². The molecule has 0 amide bonds. The molecule has 0 fully saturated rings. The molecule has 0 saturated heterocycles. The van der Waals surface area contributed by atoms with E-state index in [0.717, 1.165) is 22.6 Å². The van der Waals surface area contributed by atoms with Gasteiger partial charge in [-0.1, -0.05) is 29.5 Å². The second-order valence-corrected chi connectivity index (χ2v) is 4.58. The van der Waals surface area contributed by atoms with Crippen molar-refractivity contribution in [2.75, 3.05) is 12.4 Å². The average Bonchev–Trinajstić information content (AvgIpc) is 2.81. The maximum absolute atomic E-state index is 10.8. The Morgan fingerprint density at radius 3 is 2.94 bits per heavy atom. The molecule has 0 aliphatic rings. The maximum atomic E-state index is 10.8. The van der Waals surface area contributed by atoms with E-state index in [-0.39, 0.29) is 4.88 Å². The number of benzene rings is 1. The van der Waals surface area contributed by atoms with Gasteiger partial charge < -0.3 is 15.2 Å². The Morgan fingerprint density at radius 2 is 2.28 bits per heavy atom. The van der Waals surface area contributed by atoms with Crippen LogP contribution in [0.15, 0.2) is 30.5 Å². The molecule has 0 bridgehead atoms. The predicted octanol–water partition coefficient (Wildman–Crippen LogP) is 2.73. The molecule has 0 aliphatic carbocycles. The Labute approximate surface area is 108 Å². The summed E-state index contributed by atoms with van der Waals surface area (Å²) in [5.41, 5.74) is 1.86. The van der Waals surface area contributed by atoms with Crippen LogP contribution in [-0.4, -0.2) is 23.2 Å². The molecule has 0 saturated carbocycles. The zero-order valence-corrected chi connectivity index (χ0v) is 10.5. The number of aromatic nitrogens is 1. The van der Waals surface area contributed by atoms with Gasteiger partial charge in [0, 0.05) is 18.4 Å². The Hall–Kier alpha value is -1.92. The van der Waals surface area contributed by atoms with Crippen LogP contribution in [0.3, 0.4) is 0 Å². The van der Waals surface area contributed by atoms with Crippen molar-refractivity contribution in [1.29, 1.82) is 0 Å². The molecule has 94 valence electrons. The smallest absolute Gasteiger partial charge is 0.347 e. The Bertz CT molecular complexity index is 554. The molecule has 0 radical (unpaired) electrons. The maximum Gasteiger partial charge on any atom is 0.347 e. The SMILES string of the molecule is COCc1ccccc1Nc1ncc(C(=O)O)s1. The van der Waals surface area contributed by atoms with E-state index in [9.17, 15) is 4.79 Å². The third kappa shape index (κ3) is 2.85. The monoisotopic (exact) mass is 264 g/mol. The van der Waals surface area contributed by atoms with E-state index in [1.165, 1.54) is 6.20 Å². The topological polar surface area (TPSA) is 71.5 Å². The number of hydrogen-bond acceptors (Lipinski definition) is 5. The van der Waals surface area contributed by atoms with Crippen molar-refractivity contribution in [3.05, 3.63) is 40.9 Å². The Kier molecular flexibility index (Phi) is 3.91. The first kappa shape index (κ1) is 12.5. The molecule has 0 aliphatic heterocycles. The van der Waals surface area contributed by atoms with Crippen LogP contribution in [0.5, 0.6) is 0 Å². The molecule has 18 heavy (non-hydrogen) atoms. The summed E-state index contributed by atoms with van der Waals surface area (Å²) in [6, 6.07) is 7.66. The number of aromatic carboxylic acids is 1. The molecular formula is C12H12N2O3S. The quantitative estimate of drug-likeness (QED) is 0.868. The summed E-state index contributed by atoms with van der Waals surface area (Å²) < 4.78 is 5.10. The summed E-state index contributed by atoms with van der Waals surface area (Å²) in [6.07, 6.45) is 1.34. The second kappa shape index (κ2) is 5.61. The molecule has 0 spiro atoms. The molecule has 5 nitrogen and oxygen atoms in total. The van der Waals surface area contributed by atoms with Gasteiger partial charge in [0.05, 0.1) is 12.8 Å². The van der Waals surface area contributed by atoms with Gasteiger partial charge in [0.2, 0.25) is 0 Å². The van der Waals surface area contributed by atoms with Gasteiger partial charge in [-0.15, -0.1) is 0 Å². The largest absolute Gasteiger partial charge is 0.477 e. The van der Waals surface area contributed by atoms with Gasteiger partial charge in [-0.2, -0.15) is 0 Å². The summed E-state index contributed by atoms with van der Waals surface area (Å²) in [5, 5.41) is 12.5. The molecule has 2 aromatic rings. The van der Waals surface area contributed by atoms with E-state index in [1.54, 1.807) is 7.11 Å². The number of nitrogens with zero attached hydrogens (tertiary/aromatic N) is 1. The van der Waals surface area contributed by atoms with Gasteiger partial charge in [-0.05, 0) is 6.07 Å². The highest BCUT2D eigenvalue weighted by Crippen LogP contribution is 2.25. The number of carboxylic acid groups (broad SMARTS) is 1. The molecule has 0 atom stereocenters. The average molecular weight is 264 g/mol. The number of rotatable bonds is 5. The number of nitrogens with one attached hydrogen (secondary N) is 1. The minimum atomic E-state index is -0.967. The highest BCUT2D eigenvalue weighted by molar-refractivity contribution is 7.17. The van der Waals surface area contributed by atoms with Crippen LogP contribution in [0.2, 0.25) is 0 Å². The first-order valence-electron chi connectivity index (χ1n) is 5.23. The minimum Gasteiger partial charge on any atom is -0.477 e. The van der Waals surface area contributed by atoms with Gasteiger partial charge in [0.25, 0.3) is 0 Å². The molecule has 2 N–H and O–H groups in total. The number of anilines is 2. The van der Waals surface area contributed by atoms with Gasteiger partial charge in [-0.3, -0.25) is 0 Å². The fourth-order valence-corrected chi connectivity index (χ4v) is 2.14. The first-order valence-corrected chi connectivity index (χ1v) is 6.05.